The molecule has 22 heteroatoms. The van der Waals surface area contributed by atoms with Gasteiger partial charge in [-0.05, 0) is 52.0 Å². The number of nitrogens with zero attached hydrogens (tertiary/aromatic N) is 18. The molecule has 0 amide bonds. The summed E-state index contributed by atoms with van der Waals surface area (Å²) in [5, 5.41) is 34.5. The van der Waals surface area contributed by atoms with E-state index in [4.69, 9.17) is 11.5 Å². The number of azo groups is 2. The Morgan fingerprint density at radius 2 is 1.04 bits per heavy atom. The Bertz CT molecular complexity index is 2260. The molecule has 0 atom stereocenters. The van der Waals surface area contributed by atoms with E-state index in [2.05, 4.69) is 75.7 Å². The molecule has 49 heavy (non-hydrogen) atoms. The molecule has 7 rings (SSSR count). The van der Waals surface area contributed by atoms with Crippen LogP contribution in [0.15, 0.2) is 74.0 Å². The summed E-state index contributed by atoms with van der Waals surface area (Å²) < 4.78 is 5.26. The maximum atomic E-state index is 12.7. The molecule has 0 aliphatic rings. The number of aryl methyl sites for hydroxylation is 4. The van der Waals surface area contributed by atoms with Crippen LogP contribution in [0.5, 0.6) is 0 Å². The lowest BCUT2D eigenvalue weighted by atomic mass is 10.4. The lowest BCUT2D eigenvalue weighted by molar-refractivity contribution is 0.732. The Kier molecular flexibility index (Phi) is 7.47. The van der Waals surface area contributed by atoms with E-state index < -0.39 is 5.69 Å². The molecule has 0 aliphatic carbocycles. The van der Waals surface area contributed by atoms with Crippen molar-refractivity contribution in [3.63, 3.8) is 0 Å². The average molecular weight is 660 g/mol. The molecular formula is C27H25N21O. The van der Waals surface area contributed by atoms with Crippen LogP contribution in [0.3, 0.4) is 0 Å². The van der Waals surface area contributed by atoms with E-state index in [1.54, 1.807) is 64.4 Å². The van der Waals surface area contributed by atoms with Crippen LogP contribution >= 0.6 is 0 Å². The molecule has 22 nitrogen and oxygen atoms in total. The first-order valence-electron chi connectivity index (χ1n) is 14.4. The van der Waals surface area contributed by atoms with Crippen molar-refractivity contribution >= 4 is 34.9 Å². The van der Waals surface area contributed by atoms with Gasteiger partial charge in [0.25, 0.3) is 11.9 Å². The first-order chi connectivity index (χ1) is 23.7. The number of rotatable bonds is 8. The number of pyridine rings is 2. The van der Waals surface area contributed by atoms with E-state index >= 15 is 0 Å². The molecule has 7 aromatic heterocycles. The summed E-state index contributed by atoms with van der Waals surface area (Å²) in [7, 11) is 0. The van der Waals surface area contributed by atoms with Crippen LogP contribution in [0.1, 0.15) is 23.0 Å². The van der Waals surface area contributed by atoms with Gasteiger partial charge >= 0.3 is 5.69 Å². The van der Waals surface area contributed by atoms with Gasteiger partial charge in [0, 0.05) is 12.4 Å². The van der Waals surface area contributed by atoms with Gasteiger partial charge in [-0.3, -0.25) is 4.98 Å². The van der Waals surface area contributed by atoms with Crippen molar-refractivity contribution in [3.8, 4) is 23.5 Å². The van der Waals surface area contributed by atoms with Crippen LogP contribution < -0.4 is 17.2 Å². The van der Waals surface area contributed by atoms with Gasteiger partial charge in [0.1, 0.15) is 11.6 Å². The molecule has 0 saturated heterocycles. The zero-order valence-electron chi connectivity index (χ0n) is 26.2. The van der Waals surface area contributed by atoms with Gasteiger partial charge in [-0.15, -0.1) is 30.7 Å². The van der Waals surface area contributed by atoms with E-state index in [-0.39, 0.29) is 46.8 Å². The molecule has 244 valence electrons. The second-order valence-electron chi connectivity index (χ2n) is 10.3. The minimum Gasteiger partial charge on any atom is -0.382 e. The topological polar surface area (TPSA) is 283 Å². The molecule has 5 N–H and O–H groups in total. The van der Waals surface area contributed by atoms with Gasteiger partial charge in [-0.2, -0.15) is 48.9 Å². The van der Waals surface area contributed by atoms with Crippen molar-refractivity contribution in [1.29, 1.82) is 0 Å². The Hall–Kier alpha value is -7.39. The summed E-state index contributed by atoms with van der Waals surface area (Å²) >= 11 is 0. The van der Waals surface area contributed by atoms with Gasteiger partial charge in [-0.1, -0.05) is 12.1 Å². The summed E-state index contributed by atoms with van der Waals surface area (Å²) in [6.07, 6.45) is 3.25. The minimum atomic E-state index is -0.868. The molecule has 0 radical (unpaired) electrons. The second kappa shape index (κ2) is 12.1. The van der Waals surface area contributed by atoms with E-state index in [0.717, 1.165) is 0 Å². The van der Waals surface area contributed by atoms with Gasteiger partial charge in [0.15, 0.2) is 34.6 Å². The highest BCUT2D eigenvalue weighted by molar-refractivity contribution is 5.64. The zero-order chi connectivity index (χ0) is 34.2. The normalized spacial score (nSPS) is 11.8. The monoisotopic (exact) mass is 659 g/mol. The predicted octanol–water partition coefficient (Wildman–Crippen LogP) is 2.72. The first-order valence-corrected chi connectivity index (χ1v) is 14.4. The zero-order valence-corrected chi connectivity index (χ0v) is 26.2. The quantitative estimate of drug-likeness (QED) is 0.198. The van der Waals surface area contributed by atoms with Crippen LogP contribution in [0.4, 0.5) is 34.9 Å². The SMILES string of the molecule is Cc1nc(N=Nc2c(C)nn(-c3nc(=O)nc(-n4nc(C)c(N=Nc5nc(C)nn5-c5ccccn5)c4N)[nH]3)c2N)n(-c2ccccn2)n1. The molecule has 0 bridgehead atoms. The Morgan fingerprint density at radius 1 is 0.592 bits per heavy atom. The number of nitrogen functional groups attached to an aromatic ring is 2. The number of aromatic nitrogens is 15. The average Bonchev–Trinajstić information content (AvgIpc) is 3.82. The predicted molar refractivity (Wildman–Crippen MR) is 171 cm³/mol. The molecule has 7 heterocycles. The fourth-order valence-electron chi connectivity index (χ4n) is 4.60. The number of anilines is 2. The van der Waals surface area contributed by atoms with Gasteiger partial charge in [-0.25, -0.2) is 14.8 Å². The number of aromatic amines is 1. The van der Waals surface area contributed by atoms with Crippen LogP contribution in [0, 0.1) is 27.7 Å². The van der Waals surface area contributed by atoms with Gasteiger partial charge in [0.05, 0.1) is 11.4 Å². The van der Waals surface area contributed by atoms with Crippen LogP contribution in [-0.2, 0) is 0 Å². The number of hydrogen-bond donors (Lipinski definition) is 3. The molecule has 0 aliphatic heterocycles. The Balaban J connectivity index is 1.21. The molecule has 7 aromatic rings. The molecule has 0 aromatic carbocycles. The third kappa shape index (κ3) is 5.75. The smallest absolute Gasteiger partial charge is 0.373 e. The van der Waals surface area contributed by atoms with Crippen molar-refractivity contribution in [2.24, 2.45) is 20.5 Å². The Labute approximate surface area is 274 Å². The van der Waals surface area contributed by atoms with Gasteiger partial charge in [0.2, 0.25) is 11.9 Å². The summed E-state index contributed by atoms with van der Waals surface area (Å²) in [5.74, 6) is 2.16. The Morgan fingerprint density at radius 3 is 1.45 bits per heavy atom. The highest BCUT2D eigenvalue weighted by Crippen LogP contribution is 2.31. The lowest BCUT2D eigenvalue weighted by Gasteiger charge is -2.06. The first kappa shape index (κ1) is 30.3. The molecule has 0 unspecified atom stereocenters. The number of H-pyrrole nitrogens is 1. The standard InChI is InChI=1S/C27H25N21O/c1-13-19(37-39-25-32-15(3)43-45(25)17-9-5-7-11-30-17)21(28)47(41-13)23-34-24(36-27(49)35-23)48-22(29)20(14(2)42-48)38-40-26-33-16(4)44-46(26)18-10-6-8-12-31-18/h5-12H,28-29H2,1-4H3,(H,34,35,36,49). The molecule has 0 saturated carbocycles. The molecule has 0 fully saturated rings. The molecular weight excluding hydrogens is 634 g/mol. The third-order valence-corrected chi connectivity index (χ3v) is 6.76. The lowest BCUT2D eigenvalue weighted by Crippen LogP contribution is -2.22. The fourth-order valence-corrected chi connectivity index (χ4v) is 4.60. The summed E-state index contributed by atoms with van der Waals surface area (Å²) in [5.41, 5.74) is 13.2. The van der Waals surface area contributed by atoms with Crippen molar-refractivity contribution in [2.45, 2.75) is 27.7 Å². The van der Waals surface area contributed by atoms with Crippen LogP contribution in [0.2, 0.25) is 0 Å². The van der Waals surface area contributed by atoms with Gasteiger partial charge < -0.3 is 11.5 Å². The highest BCUT2D eigenvalue weighted by Gasteiger charge is 2.21. The van der Waals surface area contributed by atoms with Crippen molar-refractivity contribution in [2.75, 3.05) is 11.5 Å². The van der Waals surface area contributed by atoms with E-state index in [1.807, 2.05) is 12.1 Å². The maximum Gasteiger partial charge on any atom is 0.373 e. The second-order valence-corrected chi connectivity index (χ2v) is 10.3. The summed E-state index contributed by atoms with van der Waals surface area (Å²) in [4.78, 5) is 40.7. The fraction of sp³-hybridized carbons (Fsp3) is 0.148. The number of nitrogens with one attached hydrogen (secondary N) is 1. The van der Waals surface area contributed by atoms with Crippen LogP contribution in [-0.4, -0.2) is 74.0 Å². The van der Waals surface area contributed by atoms with E-state index in [0.29, 0.717) is 34.7 Å². The highest BCUT2D eigenvalue weighted by atomic mass is 16.1. The number of hydrogen-bond acceptors (Lipinski definition) is 17. The molecule has 0 spiro atoms. The third-order valence-electron chi connectivity index (χ3n) is 6.76. The largest absolute Gasteiger partial charge is 0.382 e. The summed E-state index contributed by atoms with van der Waals surface area (Å²) in [6.45, 7) is 6.77. The van der Waals surface area contributed by atoms with E-state index in [9.17, 15) is 4.79 Å². The minimum absolute atomic E-state index is 0.0218. The van der Waals surface area contributed by atoms with Crippen molar-refractivity contribution in [3.05, 3.63) is 82.3 Å². The van der Waals surface area contributed by atoms with Crippen molar-refractivity contribution in [1.82, 2.24) is 74.0 Å². The van der Waals surface area contributed by atoms with Crippen molar-refractivity contribution < 1.29 is 0 Å². The number of nitrogens with two attached hydrogens (primary N) is 2. The maximum absolute atomic E-state index is 12.7. The van der Waals surface area contributed by atoms with E-state index in [1.165, 1.54) is 18.7 Å². The van der Waals surface area contributed by atoms with Crippen LogP contribution in [0.25, 0.3) is 23.5 Å². The summed E-state index contributed by atoms with van der Waals surface area (Å²) in [6, 6.07) is 10.7.